The second-order valence-corrected chi connectivity index (χ2v) is 6.76. The molecule has 0 aliphatic carbocycles. The van der Waals surface area contributed by atoms with E-state index in [1.54, 1.807) is 0 Å². The standard InChI is InChI=1S/C17H24N8/c1-12-11-25-16(13(2)18-12)19-14(21-25)7-8-15-20-17(22-23(15)3)24-9-5-4-6-10-24/h11H,4-10H2,1-3H3. The van der Waals surface area contributed by atoms with Crippen molar-refractivity contribution in [2.45, 2.75) is 46.0 Å². The Bertz CT molecular complexity index is 888. The Balaban J connectivity index is 1.49. The van der Waals surface area contributed by atoms with Gasteiger partial charge in [0.15, 0.2) is 11.5 Å². The van der Waals surface area contributed by atoms with Gasteiger partial charge in [-0.15, -0.1) is 5.10 Å². The van der Waals surface area contributed by atoms with Crippen molar-refractivity contribution in [2.24, 2.45) is 7.05 Å². The zero-order chi connectivity index (χ0) is 17.4. The summed E-state index contributed by atoms with van der Waals surface area (Å²) in [5.74, 6) is 2.65. The molecule has 0 radical (unpaired) electrons. The van der Waals surface area contributed by atoms with Crippen LogP contribution in [0, 0.1) is 13.8 Å². The van der Waals surface area contributed by atoms with Crippen molar-refractivity contribution in [1.29, 1.82) is 0 Å². The first-order chi connectivity index (χ1) is 12.1. The van der Waals surface area contributed by atoms with Crippen molar-refractivity contribution >= 4 is 11.6 Å². The maximum absolute atomic E-state index is 4.74. The third-order valence-corrected chi connectivity index (χ3v) is 4.71. The maximum Gasteiger partial charge on any atom is 0.244 e. The lowest BCUT2D eigenvalue weighted by molar-refractivity contribution is 0.566. The number of piperidine rings is 1. The summed E-state index contributed by atoms with van der Waals surface area (Å²) in [5.41, 5.74) is 2.68. The van der Waals surface area contributed by atoms with Crippen LogP contribution >= 0.6 is 0 Å². The van der Waals surface area contributed by atoms with Gasteiger partial charge in [0.25, 0.3) is 0 Å². The molecule has 4 rings (SSSR count). The van der Waals surface area contributed by atoms with Crippen LogP contribution in [0.1, 0.15) is 42.3 Å². The Labute approximate surface area is 146 Å². The van der Waals surface area contributed by atoms with E-state index >= 15 is 0 Å². The number of aryl methyl sites for hydroxylation is 5. The molecule has 1 saturated heterocycles. The first-order valence-corrected chi connectivity index (χ1v) is 8.94. The number of fused-ring (bicyclic) bond motifs is 1. The molecule has 0 bridgehead atoms. The van der Waals surface area contributed by atoms with Crippen LogP contribution in [0.25, 0.3) is 5.65 Å². The summed E-state index contributed by atoms with van der Waals surface area (Å²) >= 11 is 0. The highest BCUT2D eigenvalue weighted by Crippen LogP contribution is 2.17. The Kier molecular flexibility index (Phi) is 4.10. The monoisotopic (exact) mass is 340 g/mol. The molecule has 25 heavy (non-hydrogen) atoms. The minimum absolute atomic E-state index is 0.742. The molecular formula is C17H24N8. The molecule has 3 aromatic rings. The summed E-state index contributed by atoms with van der Waals surface area (Å²) < 4.78 is 3.71. The van der Waals surface area contributed by atoms with Crippen molar-refractivity contribution < 1.29 is 0 Å². The first kappa shape index (κ1) is 16.0. The maximum atomic E-state index is 4.74. The van der Waals surface area contributed by atoms with Crippen LogP contribution in [-0.2, 0) is 19.9 Å². The Morgan fingerprint density at radius 1 is 0.960 bits per heavy atom. The third-order valence-electron chi connectivity index (χ3n) is 4.71. The summed E-state index contributed by atoms with van der Waals surface area (Å²) in [6.07, 6.45) is 7.20. The van der Waals surface area contributed by atoms with E-state index in [0.29, 0.717) is 0 Å². The van der Waals surface area contributed by atoms with Crippen LogP contribution in [0.2, 0.25) is 0 Å². The Morgan fingerprint density at radius 2 is 1.76 bits per heavy atom. The van der Waals surface area contributed by atoms with Gasteiger partial charge >= 0.3 is 0 Å². The summed E-state index contributed by atoms with van der Waals surface area (Å²) in [7, 11) is 1.96. The minimum atomic E-state index is 0.742. The largest absolute Gasteiger partial charge is 0.340 e. The predicted octanol–water partition coefficient (Wildman–Crippen LogP) is 1.65. The van der Waals surface area contributed by atoms with Gasteiger partial charge < -0.3 is 4.90 Å². The van der Waals surface area contributed by atoms with Crippen molar-refractivity contribution in [3.63, 3.8) is 0 Å². The number of hydrogen-bond donors (Lipinski definition) is 0. The first-order valence-electron chi connectivity index (χ1n) is 8.94. The van der Waals surface area contributed by atoms with Crippen LogP contribution < -0.4 is 4.90 Å². The molecule has 0 atom stereocenters. The number of aromatic nitrogens is 7. The van der Waals surface area contributed by atoms with E-state index in [2.05, 4.69) is 25.1 Å². The molecule has 132 valence electrons. The zero-order valence-electron chi connectivity index (χ0n) is 15.1. The molecule has 0 N–H and O–H groups in total. The van der Waals surface area contributed by atoms with Crippen molar-refractivity contribution in [2.75, 3.05) is 18.0 Å². The highest BCUT2D eigenvalue weighted by molar-refractivity contribution is 5.42. The number of hydrogen-bond acceptors (Lipinski definition) is 6. The van der Waals surface area contributed by atoms with Crippen molar-refractivity contribution in [3.05, 3.63) is 29.2 Å². The predicted molar refractivity (Wildman–Crippen MR) is 94.7 cm³/mol. The molecule has 1 fully saturated rings. The average molecular weight is 340 g/mol. The molecule has 8 nitrogen and oxygen atoms in total. The molecule has 3 aromatic heterocycles. The smallest absolute Gasteiger partial charge is 0.244 e. The van der Waals surface area contributed by atoms with Gasteiger partial charge in [0.05, 0.1) is 17.6 Å². The van der Waals surface area contributed by atoms with Crippen molar-refractivity contribution in [1.82, 2.24) is 34.3 Å². The summed E-state index contributed by atoms with van der Waals surface area (Å²) in [4.78, 5) is 16.1. The summed E-state index contributed by atoms with van der Waals surface area (Å²) in [6, 6.07) is 0. The fourth-order valence-corrected chi connectivity index (χ4v) is 3.40. The van der Waals surface area contributed by atoms with Gasteiger partial charge in [-0.05, 0) is 33.1 Å². The normalized spacial score (nSPS) is 15.2. The fraction of sp³-hybridized carbons (Fsp3) is 0.588. The van der Waals surface area contributed by atoms with Crippen LogP contribution in [0.3, 0.4) is 0 Å². The Hall–Kier alpha value is -2.51. The van der Waals surface area contributed by atoms with Gasteiger partial charge in [-0.2, -0.15) is 10.1 Å². The van der Waals surface area contributed by atoms with E-state index in [-0.39, 0.29) is 0 Å². The lowest BCUT2D eigenvalue weighted by Crippen LogP contribution is -2.30. The third kappa shape index (κ3) is 3.20. The molecule has 0 saturated carbocycles. The van der Waals surface area contributed by atoms with Gasteiger partial charge in [0.2, 0.25) is 5.95 Å². The van der Waals surface area contributed by atoms with E-state index in [0.717, 1.165) is 60.6 Å². The average Bonchev–Trinajstić information content (AvgIpc) is 3.17. The number of rotatable bonds is 4. The highest BCUT2D eigenvalue weighted by atomic mass is 15.4. The molecule has 4 heterocycles. The van der Waals surface area contributed by atoms with E-state index in [9.17, 15) is 0 Å². The highest BCUT2D eigenvalue weighted by Gasteiger charge is 2.17. The van der Waals surface area contributed by atoms with E-state index < -0.39 is 0 Å². The fourth-order valence-electron chi connectivity index (χ4n) is 3.40. The SMILES string of the molecule is Cc1cn2nc(CCc3nc(N4CCCCC4)nn3C)nc2c(C)n1. The molecule has 1 aliphatic heterocycles. The lowest BCUT2D eigenvalue weighted by atomic mass is 10.1. The van der Waals surface area contributed by atoms with Crippen LogP contribution in [0.5, 0.6) is 0 Å². The quantitative estimate of drug-likeness (QED) is 0.719. The molecule has 0 unspecified atom stereocenters. The second kappa shape index (κ2) is 6.42. The molecule has 1 aliphatic rings. The molecule has 8 heteroatoms. The summed E-state index contributed by atoms with van der Waals surface area (Å²) in [6.45, 7) is 6.05. The minimum Gasteiger partial charge on any atom is -0.340 e. The molecular weight excluding hydrogens is 316 g/mol. The lowest BCUT2D eigenvalue weighted by Gasteiger charge is -2.24. The van der Waals surface area contributed by atoms with Gasteiger partial charge in [0.1, 0.15) is 5.82 Å². The van der Waals surface area contributed by atoms with Crippen LogP contribution in [0.4, 0.5) is 5.95 Å². The van der Waals surface area contributed by atoms with Gasteiger partial charge in [0, 0.05) is 33.0 Å². The topological polar surface area (TPSA) is 77.0 Å². The molecule has 0 spiro atoms. The van der Waals surface area contributed by atoms with Gasteiger partial charge in [-0.3, -0.25) is 9.67 Å². The van der Waals surface area contributed by atoms with Gasteiger partial charge in [-0.25, -0.2) is 9.50 Å². The zero-order valence-corrected chi connectivity index (χ0v) is 15.1. The van der Waals surface area contributed by atoms with Crippen molar-refractivity contribution in [3.8, 4) is 0 Å². The van der Waals surface area contributed by atoms with Gasteiger partial charge in [-0.1, -0.05) is 0 Å². The Morgan fingerprint density at radius 3 is 2.56 bits per heavy atom. The van der Waals surface area contributed by atoms with Crippen LogP contribution in [-0.4, -0.2) is 47.4 Å². The molecule has 0 amide bonds. The van der Waals surface area contributed by atoms with E-state index in [1.807, 2.05) is 36.3 Å². The van der Waals surface area contributed by atoms with E-state index in [4.69, 9.17) is 4.98 Å². The molecule has 0 aromatic carbocycles. The number of nitrogens with zero attached hydrogens (tertiary/aromatic N) is 8. The second-order valence-electron chi connectivity index (χ2n) is 6.76. The number of anilines is 1. The summed E-state index contributed by atoms with van der Waals surface area (Å²) in [5, 5.41) is 9.16. The van der Waals surface area contributed by atoms with E-state index in [1.165, 1.54) is 19.3 Å². The van der Waals surface area contributed by atoms with Crippen LogP contribution in [0.15, 0.2) is 6.20 Å².